The Labute approximate surface area is 293 Å². The normalized spacial score (nSPS) is 11.9. The second-order valence-corrected chi connectivity index (χ2v) is 14.5. The molecule has 50 heavy (non-hydrogen) atoms. The average molecular weight is 646 g/mol. The maximum absolute atomic E-state index is 6.57. The number of benzene rings is 8. The largest absolute Gasteiger partial charge is 0.436 e. The molecule has 0 fully saturated rings. The van der Waals surface area contributed by atoms with Crippen molar-refractivity contribution in [2.24, 2.45) is 0 Å². The maximum Gasteiger partial charge on any atom is 0.227 e. The topological polar surface area (TPSA) is 26.0 Å². The van der Waals surface area contributed by atoms with Gasteiger partial charge in [0.15, 0.2) is 5.58 Å². The zero-order valence-electron chi connectivity index (χ0n) is 29.7. The van der Waals surface area contributed by atoms with E-state index in [0.29, 0.717) is 5.89 Å². The van der Waals surface area contributed by atoms with Crippen molar-refractivity contribution in [3.63, 3.8) is 0 Å². The van der Waals surface area contributed by atoms with Crippen LogP contribution in [-0.4, -0.2) is 4.98 Å². The number of hydrogen-bond acceptors (Lipinski definition) is 2. The summed E-state index contributed by atoms with van der Waals surface area (Å²) < 4.78 is 6.57. The Bertz CT molecular complexity index is 2760. The number of nitrogens with zero attached hydrogens (tertiary/aromatic N) is 1. The maximum atomic E-state index is 6.57. The molecular weight excluding hydrogens is 607 g/mol. The minimum atomic E-state index is 0.652. The molecule has 0 aliphatic rings. The van der Waals surface area contributed by atoms with E-state index in [9.17, 15) is 0 Å². The van der Waals surface area contributed by atoms with Crippen LogP contribution < -0.4 is 0 Å². The van der Waals surface area contributed by atoms with Gasteiger partial charge >= 0.3 is 0 Å². The lowest BCUT2D eigenvalue weighted by Crippen LogP contribution is -1.96. The minimum Gasteiger partial charge on any atom is -0.436 e. The molecule has 0 amide bonds. The number of hydrogen-bond donors (Lipinski definition) is 0. The smallest absolute Gasteiger partial charge is 0.227 e. The van der Waals surface area contributed by atoms with Crippen molar-refractivity contribution in [3.8, 4) is 44.8 Å². The van der Waals surface area contributed by atoms with Gasteiger partial charge in [-0.15, -0.1) is 0 Å². The predicted molar refractivity (Wildman–Crippen MR) is 213 cm³/mol. The lowest BCUT2D eigenvalue weighted by atomic mass is 9.81. The second-order valence-electron chi connectivity index (χ2n) is 14.5. The molecule has 9 aromatic rings. The summed E-state index contributed by atoms with van der Waals surface area (Å²) in [4.78, 5) is 5.10. The van der Waals surface area contributed by atoms with E-state index in [1.807, 2.05) is 6.07 Å². The SMILES string of the molecule is Cc1ccc(-c2cc(-c3nc4cc(C)ccc4o3)c3ccc4c(-c5ccc(C)cc5C)cc(-c5ccc(C)cc5C)c5ccc2c3c45)c(C)c1. The zero-order chi connectivity index (χ0) is 34.4. The molecule has 2 heteroatoms. The quantitative estimate of drug-likeness (QED) is 0.178. The van der Waals surface area contributed by atoms with E-state index >= 15 is 0 Å². The van der Waals surface area contributed by atoms with Crippen LogP contribution in [0.15, 0.2) is 114 Å². The molecule has 0 atom stereocenters. The molecule has 0 aliphatic heterocycles. The zero-order valence-corrected chi connectivity index (χ0v) is 29.7. The first-order valence-corrected chi connectivity index (χ1v) is 17.5. The van der Waals surface area contributed by atoms with Gasteiger partial charge in [0, 0.05) is 5.56 Å². The highest BCUT2D eigenvalue weighted by molar-refractivity contribution is 6.32. The van der Waals surface area contributed by atoms with E-state index < -0.39 is 0 Å². The highest BCUT2D eigenvalue weighted by Gasteiger charge is 2.23. The van der Waals surface area contributed by atoms with E-state index in [-0.39, 0.29) is 0 Å². The number of fused-ring (bicyclic) bond motifs is 1. The molecule has 0 unspecified atom stereocenters. The summed E-state index contributed by atoms with van der Waals surface area (Å²) in [6.07, 6.45) is 0. The molecule has 0 saturated carbocycles. The Balaban J connectivity index is 1.48. The van der Waals surface area contributed by atoms with Crippen LogP contribution in [0.2, 0.25) is 0 Å². The first-order chi connectivity index (χ1) is 24.1. The molecular formula is C48H39NO. The van der Waals surface area contributed by atoms with Crippen molar-refractivity contribution in [1.82, 2.24) is 4.98 Å². The van der Waals surface area contributed by atoms with Gasteiger partial charge in [0.25, 0.3) is 0 Å². The highest BCUT2D eigenvalue weighted by Crippen LogP contribution is 2.49. The first kappa shape index (κ1) is 30.3. The van der Waals surface area contributed by atoms with Gasteiger partial charge in [-0.25, -0.2) is 4.98 Å². The third kappa shape index (κ3) is 4.66. The van der Waals surface area contributed by atoms with Crippen LogP contribution >= 0.6 is 0 Å². The summed E-state index contributed by atoms with van der Waals surface area (Å²) >= 11 is 0. The third-order valence-electron chi connectivity index (χ3n) is 10.7. The monoisotopic (exact) mass is 645 g/mol. The van der Waals surface area contributed by atoms with Crippen LogP contribution in [0.5, 0.6) is 0 Å². The van der Waals surface area contributed by atoms with Gasteiger partial charge in [0.2, 0.25) is 5.89 Å². The van der Waals surface area contributed by atoms with E-state index in [1.165, 1.54) is 99.3 Å². The molecule has 1 aromatic heterocycles. The molecule has 0 bridgehead atoms. The number of aryl methyl sites for hydroxylation is 7. The summed E-state index contributed by atoms with van der Waals surface area (Å²) in [5, 5.41) is 7.45. The van der Waals surface area contributed by atoms with E-state index in [4.69, 9.17) is 9.40 Å². The Kier molecular flexibility index (Phi) is 6.77. The summed E-state index contributed by atoms with van der Waals surface area (Å²) in [5.41, 5.74) is 19.0. The lowest BCUT2D eigenvalue weighted by molar-refractivity contribution is 0.620. The van der Waals surface area contributed by atoms with Gasteiger partial charge in [0.1, 0.15) is 5.52 Å². The molecule has 0 N–H and O–H groups in total. The van der Waals surface area contributed by atoms with Crippen molar-refractivity contribution in [2.45, 2.75) is 48.5 Å². The third-order valence-corrected chi connectivity index (χ3v) is 10.7. The standard InChI is InChI=1S/C48H39NO/c1-26-8-12-33(30(5)20-26)40-24-41(34-13-9-27(2)21-31(34)6)37-17-18-39-43(48-49-44-23-29(4)11-19-45(44)50-48)25-42(35-14-10-28(3)22-32(35)7)38-16-15-36(40)46(37)47(38)39/h8-25H,1-7H3. The van der Waals surface area contributed by atoms with E-state index in [2.05, 4.69) is 152 Å². The highest BCUT2D eigenvalue weighted by atomic mass is 16.3. The summed E-state index contributed by atoms with van der Waals surface area (Å²) in [6.45, 7) is 15.3. The van der Waals surface area contributed by atoms with Crippen molar-refractivity contribution in [2.75, 3.05) is 0 Å². The minimum absolute atomic E-state index is 0.652. The van der Waals surface area contributed by atoms with Gasteiger partial charge in [-0.05, 0) is 161 Å². The molecule has 8 aromatic carbocycles. The average Bonchev–Trinajstić information content (AvgIpc) is 3.50. The van der Waals surface area contributed by atoms with Crippen LogP contribution in [0.1, 0.15) is 38.9 Å². The van der Waals surface area contributed by atoms with Gasteiger partial charge in [-0.2, -0.15) is 0 Å². The first-order valence-electron chi connectivity index (χ1n) is 17.5. The van der Waals surface area contributed by atoms with E-state index in [1.54, 1.807) is 0 Å². The lowest BCUT2D eigenvalue weighted by Gasteiger charge is -2.22. The number of aromatic nitrogens is 1. The Hall–Kier alpha value is -5.73. The van der Waals surface area contributed by atoms with Crippen molar-refractivity contribution in [3.05, 3.63) is 148 Å². The Morgan fingerprint density at radius 1 is 0.360 bits per heavy atom. The van der Waals surface area contributed by atoms with Crippen molar-refractivity contribution in [1.29, 1.82) is 0 Å². The Morgan fingerprint density at radius 2 is 0.740 bits per heavy atom. The van der Waals surface area contributed by atoms with Gasteiger partial charge < -0.3 is 4.42 Å². The van der Waals surface area contributed by atoms with Crippen LogP contribution in [0.3, 0.4) is 0 Å². The number of oxazole rings is 1. The van der Waals surface area contributed by atoms with Gasteiger partial charge in [0.05, 0.1) is 0 Å². The van der Waals surface area contributed by atoms with Crippen LogP contribution in [0, 0.1) is 48.5 Å². The fourth-order valence-corrected chi connectivity index (χ4v) is 8.34. The number of rotatable bonds is 4. The van der Waals surface area contributed by atoms with Crippen molar-refractivity contribution >= 4 is 43.4 Å². The second kappa shape index (κ2) is 11.1. The molecule has 0 radical (unpaired) electrons. The van der Waals surface area contributed by atoms with E-state index in [0.717, 1.165) is 22.0 Å². The van der Waals surface area contributed by atoms with Crippen LogP contribution in [-0.2, 0) is 0 Å². The molecule has 2 nitrogen and oxygen atoms in total. The van der Waals surface area contributed by atoms with Crippen molar-refractivity contribution < 1.29 is 4.42 Å². The van der Waals surface area contributed by atoms with Crippen LogP contribution in [0.4, 0.5) is 0 Å². The predicted octanol–water partition coefficient (Wildman–Crippen LogP) is 13.6. The molecule has 242 valence electrons. The van der Waals surface area contributed by atoms with Gasteiger partial charge in [-0.3, -0.25) is 0 Å². The summed E-state index contributed by atoms with van der Waals surface area (Å²) in [7, 11) is 0. The van der Waals surface area contributed by atoms with Crippen LogP contribution in [0.25, 0.3) is 88.3 Å². The summed E-state index contributed by atoms with van der Waals surface area (Å²) in [6, 6.07) is 40.8. The van der Waals surface area contributed by atoms with Gasteiger partial charge in [-0.1, -0.05) is 102 Å². The molecule has 0 spiro atoms. The molecule has 1 heterocycles. The fraction of sp³-hybridized carbons (Fsp3) is 0.146. The summed E-state index contributed by atoms with van der Waals surface area (Å²) in [5.74, 6) is 0.652. The fourth-order valence-electron chi connectivity index (χ4n) is 8.34. The molecule has 0 saturated heterocycles. The molecule has 9 rings (SSSR count). The Morgan fingerprint density at radius 3 is 1.18 bits per heavy atom. The molecule has 0 aliphatic carbocycles.